The maximum Gasteiger partial charge on any atom is 0.207 e. The fourth-order valence-electron chi connectivity index (χ4n) is 3.70. The molecule has 0 spiro atoms. The Labute approximate surface area is 216 Å². The van der Waals surface area contributed by atoms with Crippen molar-refractivity contribution in [3.8, 4) is 0 Å². The summed E-state index contributed by atoms with van der Waals surface area (Å²) in [4.78, 5) is 7.52. The maximum absolute atomic E-state index is 5.15. The molecule has 3 nitrogen and oxygen atoms in total. The van der Waals surface area contributed by atoms with Crippen molar-refractivity contribution >= 4 is 80.7 Å². The van der Waals surface area contributed by atoms with E-state index in [1.165, 1.54) is 11.1 Å². The van der Waals surface area contributed by atoms with Crippen LogP contribution < -0.4 is 4.90 Å². The number of rotatable bonds is 7. The number of hydrogen-bond donors (Lipinski definition) is 0. The Balaban J connectivity index is 1.92. The normalized spacial score (nSPS) is 11.3. The van der Waals surface area contributed by atoms with Crippen molar-refractivity contribution in [3.05, 3.63) is 89.7 Å². The van der Waals surface area contributed by atoms with Crippen molar-refractivity contribution < 1.29 is 0 Å². The van der Waals surface area contributed by atoms with Gasteiger partial charge in [0.15, 0.2) is 0 Å². The van der Waals surface area contributed by atoms with Gasteiger partial charge in [-0.15, -0.1) is 0 Å². The fraction of sp³-hybridized carbons (Fsp3) is 0.208. The summed E-state index contributed by atoms with van der Waals surface area (Å²) in [6.07, 6.45) is 1.04. The number of benzene rings is 3. The first-order chi connectivity index (χ1) is 15.0. The van der Waals surface area contributed by atoms with Crippen LogP contribution in [0.3, 0.4) is 0 Å². The highest BCUT2D eigenvalue weighted by atomic mass is 79.9. The zero-order valence-electron chi connectivity index (χ0n) is 17.0. The van der Waals surface area contributed by atoms with E-state index in [1.54, 1.807) is 0 Å². The van der Waals surface area contributed by atoms with E-state index in [0.717, 1.165) is 60.9 Å². The minimum absolute atomic E-state index is 0.737. The van der Waals surface area contributed by atoms with Crippen LogP contribution >= 0.6 is 63.7 Å². The van der Waals surface area contributed by atoms with E-state index in [9.17, 15) is 0 Å². The first kappa shape index (κ1) is 23.0. The smallest absolute Gasteiger partial charge is 0.207 e. The first-order valence-electron chi connectivity index (χ1n) is 10.1. The zero-order chi connectivity index (χ0) is 22.0. The topological polar surface area (TPSA) is 21.1 Å². The molecule has 0 atom stereocenters. The van der Waals surface area contributed by atoms with Crippen molar-refractivity contribution in [2.45, 2.75) is 26.4 Å². The number of fused-ring (bicyclic) bond motifs is 1. The molecule has 0 bridgehead atoms. The van der Waals surface area contributed by atoms with Crippen LogP contribution in [0.5, 0.6) is 0 Å². The highest BCUT2D eigenvalue weighted by Crippen LogP contribution is 2.44. The average Bonchev–Trinajstić information content (AvgIpc) is 3.16. The lowest BCUT2D eigenvalue weighted by atomic mass is 10.2. The van der Waals surface area contributed by atoms with Crippen LogP contribution in [0.4, 0.5) is 5.95 Å². The molecule has 4 rings (SSSR count). The van der Waals surface area contributed by atoms with Gasteiger partial charge >= 0.3 is 0 Å². The van der Waals surface area contributed by atoms with Crippen LogP contribution in [-0.4, -0.2) is 16.1 Å². The molecule has 3 aromatic carbocycles. The van der Waals surface area contributed by atoms with E-state index in [2.05, 4.69) is 141 Å². The molecule has 0 unspecified atom stereocenters. The molecule has 31 heavy (non-hydrogen) atoms. The highest BCUT2D eigenvalue weighted by Gasteiger charge is 2.24. The molecule has 160 valence electrons. The van der Waals surface area contributed by atoms with Crippen molar-refractivity contribution in [1.82, 2.24) is 9.55 Å². The van der Waals surface area contributed by atoms with Gasteiger partial charge < -0.3 is 9.47 Å². The summed E-state index contributed by atoms with van der Waals surface area (Å²) in [5.41, 5.74) is 4.51. The van der Waals surface area contributed by atoms with Crippen LogP contribution in [-0.2, 0) is 13.1 Å². The van der Waals surface area contributed by atoms with Gasteiger partial charge in [-0.25, -0.2) is 4.98 Å². The molecule has 4 aromatic rings. The second-order valence-corrected chi connectivity index (χ2v) is 10.5. The lowest BCUT2D eigenvalue weighted by Gasteiger charge is -2.25. The second-order valence-electron chi connectivity index (χ2n) is 7.34. The Hall–Kier alpha value is -1.15. The molecular weight excluding hydrogens is 650 g/mol. The van der Waals surface area contributed by atoms with Gasteiger partial charge in [-0.1, -0.05) is 67.6 Å². The molecule has 0 saturated carbocycles. The van der Waals surface area contributed by atoms with Crippen LogP contribution in [0, 0.1) is 0 Å². The third-order valence-electron chi connectivity index (χ3n) is 5.12. The molecule has 0 fully saturated rings. The highest BCUT2D eigenvalue weighted by molar-refractivity contribution is 9.15. The minimum Gasteiger partial charge on any atom is -0.338 e. The molecule has 0 radical (unpaired) electrons. The summed E-state index contributed by atoms with van der Waals surface area (Å²) in [7, 11) is 0. The number of anilines is 1. The lowest BCUT2D eigenvalue weighted by Crippen LogP contribution is -2.27. The van der Waals surface area contributed by atoms with Crippen molar-refractivity contribution in [2.75, 3.05) is 11.4 Å². The molecule has 0 N–H and O–H groups in total. The predicted molar refractivity (Wildman–Crippen MR) is 144 cm³/mol. The van der Waals surface area contributed by atoms with Gasteiger partial charge in [0.05, 0.1) is 21.0 Å². The van der Waals surface area contributed by atoms with Gasteiger partial charge in [-0.05, 0) is 81.3 Å². The van der Waals surface area contributed by atoms with E-state index in [1.807, 2.05) is 0 Å². The van der Waals surface area contributed by atoms with Crippen LogP contribution in [0.15, 0.2) is 78.6 Å². The Kier molecular flexibility index (Phi) is 7.57. The van der Waals surface area contributed by atoms with E-state index < -0.39 is 0 Å². The monoisotopic (exact) mass is 667 g/mol. The Bertz CT molecular complexity index is 1190. The molecule has 0 amide bonds. The van der Waals surface area contributed by atoms with Gasteiger partial charge in [-0.2, -0.15) is 0 Å². The Morgan fingerprint density at radius 2 is 1.35 bits per heavy atom. The molecule has 0 aliphatic rings. The van der Waals surface area contributed by atoms with Crippen molar-refractivity contribution in [3.63, 3.8) is 0 Å². The van der Waals surface area contributed by atoms with Gasteiger partial charge in [0.2, 0.25) is 5.95 Å². The van der Waals surface area contributed by atoms with E-state index >= 15 is 0 Å². The molecular formula is C24H21Br4N3. The number of halogens is 4. The van der Waals surface area contributed by atoms with Gasteiger partial charge in [-0.3, -0.25) is 0 Å². The van der Waals surface area contributed by atoms with Crippen molar-refractivity contribution in [2.24, 2.45) is 0 Å². The molecule has 1 heterocycles. The summed E-state index contributed by atoms with van der Waals surface area (Å²) < 4.78 is 6.17. The Morgan fingerprint density at radius 3 is 1.97 bits per heavy atom. The lowest BCUT2D eigenvalue weighted by molar-refractivity contribution is 0.699. The number of nitrogens with zero attached hydrogens (tertiary/aromatic N) is 3. The molecule has 0 saturated heterocycles. The molecule has 7 heteroatoms. The Morgan fingerprint density at radius 1 is 0.774 bits per heavy atom. The van der Waals surface area contributed by atoms with E-state index in [-0.39, 0.29) is 0 Å². The van der Waals surface area contributed by atoms with Gasteiger partial charge in [0, 0.05) is 22.0 Å². The standard InChI is InChI=1S/C24H21Br4N3/c1-2-13-30(14-16-9-5-3-6-10-16)24-29-22-20(27)18(25)19(26)21(28)23(22)31(24)15-17-11-7-4-8-12-17/h3-12H,2,13-15H2,1H3. The number of imidazole rings is 1. The number of hydrogen-bond acceptors (Lipinski definition) is 2. The third kappa shape index (κ3) is 4.80. The van der Waals surface area contributed by atoms with Crippen LogP contribution in [0.1, 0.15) is 24.5 Å². The van der Waals surface area contributed by atoms with Gasteiger partial charge in [0.1, 0.15) is 5.52 Å². The fourth-order valence-corrected chi connectivity index (χ4v) is 6.08. The summed E-state index contributed by atoms with van der Waals surface area (Å²) in [5, 5.41) is 0. The molecule has 1 aromatic heterocycles. The van der Waals surface area contributed by atoms with E-state index in [0.29, 0.717) is 0 Å². The maximum atomic E-state index is 5.15. The van der Waals surface area contributed by atoms with Crippen LogP contribution in [0.2, 0.25) is 0 Å². The largest absolute Gasteiger partial charge is 0.338 e. The quantitative estimate of drug-likeness (QED) is 0.145. The predicted octanol–water partition coefficient (Wildman–Crippen LogP) is 8.55. The van der Waals surface area contributed by atoms with Crippen LogP contribution in [0.25, 0.3) is 11.0 Å². The molecule has 0 aliphatic heterocycles. The third-order valence-corrected chi connectivity index (χ3v) is 9.84. The first-order valence-corrected chi connectivity index (χ1v) is 13.2. The second kappa shape index (κ2) is 10.2. The minimum atomic E-state index is 0.737. The van der Waals surface area contributed by atoms with Gasteiger partial charge in [0.25, 0.3) is 0 Å². The van der Waals surface area contributed by atoms with Crippen molar-refractivity contribution in [1.29, 1.82) is 0 Å². The summed E-state index contributed by atoms with van der Waals surface area (Å²) in [5.74, 6) is 0.968. The van der Waals surface area contributed by atoms with E-state index in [4.69, 9.17) is 4.98 Å². The SMILES string of the molecule is CCCN(Cc1ccccc1)c1nc2c(Br)c(Br)c(Br)c(Br)c2n1Cc1ccccc1. The summed E-state index contributed by atoms with van der Waals surface area (Å²) >= 11 is 15.0. The summed E-state index contributed by atoms with van der Waals surface area (Å²) in [6, 6.07) is 21.1. The number of aromatic nitrogens is 2. The zero-order valence-corrected chi connectivity index (χ0v) is 23.3. The molecule has 0 aliphatic carbocycles. The summed E-state index contributed by atoms with van der Waals surface area (Å²) in [6.45, 7) is 4.68. The average molecular weight is 671 g/mol.